The van der Waals surface area contributed by atoms with Crippen LogP contribution in [0.5, 0.6) is 5.75 Å². The Balaban J connectivity index is 2.09. The summed E-state index contributed by atoms with van der Waals surface area (Å²) < 4.78 is 10.3. The molecular formula is C19H25N2O5S+. The van der Waals surface area contributed by atoms with Crippen molar-refractivity contribution in [1.82, 2.24) is 4.90 Å². The number of benzene rings is 1. The second kappa shape index (κ2) is 7.52. The predicted octanol–water partition coefficient (Wildman–Crippen LogP) is 0.209. The van der Waals surface area contributed by atoms with Crippen molar-refractivity contribution in [2.24, 2.45) is 11.8 Å². The summed E-state index contributed by atoms with van der Waals surface area (Å²) in [5.41, 5.74) is -0.206. The molecule has 7 nitrogen and oxygen atoms in total. The first kappa shape index (κ1) is 19.7. The van der Waals surface area contributed by atoms with Crippen LogP contribution in [0.15, 0.2) is 24.3 Å². The Morgan fingerprint density at radius 2 is 1.89 bits per heavy atom. The molecule has 0 bridgehead atoms. The number of ether oxygens (including phenoxy) is 2. The molecule has 0 aromatic heterocycles. The van der Waals surface area contributed by atoms with E-state index >= 15 is 0 Å². The number of nitrogens with two attached hydrogens (primary N) is 1. The molecular weight excluding hydrogens is 368 g/mol. The number of fused-ring (bicyclic) bond motifs is 1. The van der Waals surface area contributed by atoms with Gasteiger partial charge in [-0.15, -0.1) is 0 Å². The SMILES string of the molecule is COC(=O)[C@]1(CCSC)[NH2+][C@H](c2ccc(OC)cc2)[C@H]2C(=O)N(C)C(=O)[C@@H]21. The van der Waals surface area contributed by atoms with E-state index in [0.717, 1.165) is 10.5 Å². The van der Waals surface area contributed by atoms with Gasteiger partial charge in [-0.05, 0) is 36.3 Å². The zero-order chi connectivity index (χ0) is 19.8. The minimum Gasteiger partial charge on any atom is -0.497 e. The highest BCUT2D eigenvalue weighted by molar-refractivity contribution is 7.98. The summed E-state index contributed by atoms with van der Waals surface area (Å²) in [5.74, 6) is -0.894. The molecule has 2 aliphatic heterocycles. The molecule has 3 rings (SSSR count). The first-order valence-corrected chi connectivity index (χ1v) is 10.2. The zero-order valence-electron chi connectivity index (χ0n) is 15.9. The van der Waals surface area contributed by atoms with Gasteiger partial charge in [0.05, 0.1) is 14.2 Å². The third-order valence-corrected chi connectivity index (χ3v) is 6.39. The van der Waals surface area contributed by atoms with Crippen LogP contribution in [-0.4, -0.2) is 61.5 Å². The van der Waals surface area contributed by atoms with Gasteiger partial charge in [-0.2, -0.15) is 11.8 Å². The summed E-state index contributed by atoms with van der Waals surface area (Å²) in [7, 11) is 4.41. The lowest BCUT2D eigenvalue weighted by Crippen LogP contribution is -2.98. The fourth-order valence-corrected chi connectivity index (χ4v) is 4.93. The van der Waals surface area contributed by atoms with Crippen LogP contribution in [-0.2, 0) is 19.1 Å². The molecule has 2 fully saturated rings. The van der Waals surface area contributed by atoms with Gasteiger partial charge in [0.1, 0.15) is 23.6 Å². The summed E-state index contributed by atoms with van der Waals surface area (Å²) in [6.07, 6.45) is 2.41. The van der Waals surface area contributed by atoms with Crippen molar-refractivity contribution in [2.45, 2.75) is 18.0 Å². The topological polar surface area (TPSA) is 89.5 Å². The van der Waals surface area contributed by atoms with Crippen molar-refractivity contribution in [3.63, 3.8) is 0 Å². The number of amides is 2. The fourth-order valence-electron chi connectivity index (χ4n) is 4.39. The summed E-state index contributed by atoms with van der Waals surface area (Å²) in [6.45, 7) is 0. The van der Waals surface area contributed by atoms with E-state index in [-0.39, 0.29) is 17.9 Å². The van der Waals surface area contributed by atoms with Gasteiger partial charge in [0.2, 0.25) is 17.4 Å². The Morgan fingerprint density at radius 1 is 1.22 bits per heavy atom. The number of likely N-dealkylation sites (tertiary alicyclic amines) is 1. The number of hydrogen-bond acceptors (Lipinski definition) is 6. The first-order chi connectivity index (χ1) is 12.9. The van der Waals surface area contributed by atoms with Gasteiger partial charge in [-0.1, -0.05) is 0 Å². The number of nitrogens with zero attached hydrogens (tertiary/aromatic N) is 1. The van der Waals surface area contributed by atoms with E-state index in [1.54, 1.807) is 18.9 Å². The number of imide groups is 1. The van der Waals surface area contributed by atoms with E-state index in [4.69, 9.17) is 9.47 Å². The van der Waals surface area contributed by atoms with Gasteiger partial charge < -0.3 is 14.8 Å². The zero-order valence-corrected chi connectivity index (χ0v) is 16.7. The Morgan fingerprint density at radius 3 is 2.44 bits per heavy atom. The van der Waals surface area contributed by atoms with Crippen molar-refractivity contribution in [2.75, 3.05) is 33.3 Å². The number of hydrogen-bond donors (Lipinski definition) is 1. The van der Waals surface area contributed by atoms with E-state index < -0.39 is 23.3 Å². The standard InChI is InChI=1S/C19H24N2O5S/c1-21-16(22)13-14(17(21)23)19(9-10-27-4,18(24)26-3)20-15(13)11-5-7-12(25-2)8-6-11/h5-8,13-15,20H,9-10H2,1-4H3/p+1/t13-,14+,15+,19+/m0/s1. The van der Waals surface area contributed by atoms with Gasteiger partial charge in [0.15, 0.2) is 0 Å². The molecule has 0 unspecified atom stereocenters. The molecule has 2 amide bonds. The Kier molecular flexibility index (Phi) is 5.48. The monoisotopic (exact) mass is 393 g/mol. The van der Waals surface area contributed by atoms with E-state index in [2.05, 4.69) is 0 Å². The van der Waals surface area contributed by atoms with Crippen LogP contribution in [0.2, 0.25) is 0 Å². The average Bonchev–Trinajstić information content (AvgIpc) is 3.16. The van der Waals surface area contributed by atoms with Crippen molar-refractivity contribution >= 4 is 29.5 Å². The van der Waals surface area contributed by atoms with Gasteiger partial charge >= 0.3 is 5.97 Å². The summed E-state index contributed by atoms with van der Waals surface area (Å²) in [4.78, 5) is 39.8. The quantitative estimate of drug-likeness (QED) is 0.549. The normalized spacial score (nSPS) is 29.8. The lowest BCUT2D eigenvalue weighted by atomic mass is 9.78. The van der Waals surface area contributed by atoms with E-state index in [1.165, 1.54) is 14.2 Å². The van der Waals surface area contributed by atoms with Gasteiger partial charge in [0, 0.05) is 19.0 Å². The van der Waals surface area contributed by atoms with E-state index in [1.807, 2.05) is 35.8 Å². The second-order valence-electron chi connectivity index (χ2n) is 6.98. The maximum absolute atomic E-state index is 12.9. The molecule has 27 heavy (non-hydrogen) atoms. The lowest BCUT2D eigenvalue weighted by Gasteiger charge is -2.28. The molecule has 146 valence electrons. The Labute approximate surface area is 162 Å². The van der Waals surface area contributed by atoms with Crippen LogP contribution < -0.4 is 10.1 Å². The lowest BCUT2D eigenvalue weighted by molar-refractivity contribution is -0.734. The van der Waals surface area contributed by atoms with Crippen molar-refractivity contribution in [3.05, 3.63) is 29.8 Å². The Bertz CT molecular complexity index is 753. The largest absolute Gasteiger partial charge is 0.497 e. The molecule has 1 aromatic carbocycles. The number of carbonyl (C=O) groups excluding carboxylic acids is 3. The molecule has 0 aliphatic carbocycles. The molecule has 2 saturated heterocycles. The van der Waals surface area contributed by atoms with E-state index in [9.17, 15) is 14.4 Å². The second-order valence-corrected chi connectivity index (χ2v) is 7.96. The smallest absolute Gasteiger partial charge is 0.368 e. The Hall–Kier alpha value is -2.06. The maximum atomic E-state index is 12.9. The molecule has 1 aromatic rings. The average molecular weight is 393 g/mol. The van der Waals surface area contributed by atoms with Crippen molar-refractivity contribution < 1.29 is 29.2 Å². The summed E-state index contributed by atoms with van der Waals surface area (Å²) in [6, 6.07) is 7.08. The highest BCUT2D eigenvalue weighted by Crippen LogP contribution is 2.45. The molecule has 0 radical (unpaired) electrons. The van der Waals surface area contributed by atoms with Gasteiger partial charge in [-0.25, -0.2) is 4.79 Å². The van der Waals surface area contributed by atoms with Crippen LogP contribution in [0.4, 0.5) is 0 Å². The molecule has 2 aliphatic rings. The molecule has 2 heterocycles. The molecule has 0 spiro atoms. The molecule has 2 N–H and O–H groups in total. The number of carbonyl (C=O) groups is 3. The summed E-state index contributed by atoms with van der Waals surface area (Å²) in [5, 5.41) is 1.88. The fraction of sp³-hybridized carbons (Fsp3) is 0.526. The van der Waals surface area contributed by atoms with Crippen LogP contribution in [0.25, 0.3) is 0 Å². The number of thioether (sulfide) groups is 1. The van der Waals surface area contributed by atoms with Gasteiger partial charge in [0.25, 0.3) is 0 Å². The van der Waals surface area contributed by atoms with E-state index in [0.29, 0.717) is 17.9 Å². The highest BCUT2D eigenvalue weighted by atomic mass is 32.2. The van der Waals surface area contributed by atoms with Crippen LogP contribution in [0.3, 0.4) is 0 Å². The van der Waals surface area contributed by atoms with Crippen LogP contribution in [0, 0.1) is 11.8 Å². The van der Waals surface area contributed by atoms with Crippen molar-refractivity contribution in [1.29, 1.82) is 0 Å². The third-order valence-electron chi connectivity index (χ3n) is 5.78. The number of quaternary nitrogens is 1. The summed E-state index contributed by atoms with van der Waals surface area (Å²) >= 11 is 1.60. The first-order valence-electron chi connectivity index (χ1n) is 8.80. The number of methoxy groups -OCH3 is 2. The third kappa shape index (κ3) is 3.00. The number of rotatable bonds is 6. The molecule has 8 heteroatoms. The molecule has 4 atom stereocenters. The maximum Gasteiger partial charge on any atom is 0.368 e. The highest BCUT2D eigenvalue weighted by Gasteiger charge is 2.71. The van der Waals surface area contributed by atoms with Crippen LogP contribution in [0.1, 0.15) is 18.0 Å². The predicted molar refractivity (Wildman–Crippen MR) is 100 cm³/mol. The minimum absolute atomic E-state index is 0.239. The minimum atomic E-state index is -1.09. The van der Waals surface area contributed by atoms with Crippen molar-refractivity contribution in [3.8, 4) is 5.75 Å². The van der Waals surface area contributed by atoms with Gasteiger partial charge in [-0.3, -0.25) is 14.5 Å². The number of esters is 1. The van der Waals surface area contributed by atoms with Crippen LogP contribution >= 0.6 is 11.8 Å². The molecule has 0 saturated carbocycles.